The predicted molar refractivity (Wildman–Crippen MR) is 140 cm³/mol. The van der Waals surface area contributed by atoms with Crippen molar-refractivity contribution in [1.82, 2.24) is 20.2 Å². The second-order valence-electron chi connectivity index (χ2n) is 8.09. The van der Waals surface area contributed by atoms with E-state index in [2.05, 4.69) is 61.9 Å². The molecule has 0 saturated carbocycles. The smallest absolute Gasteiger partial charge is 0.226 e. The Morgan fingerprint density at radius 3 is 2.66 bits per heavy atom. The molecule has 4 rings (SSSR count). The van der Waals surface area contributed by atoms with Gasteiger partial charge in [-0.05, 0) is 85.4 Å². The summed E-state index contributed by atoms with van der Waals surface area (Å²) in [7, 11) is 0. The number of benzene rings is 1. The standard InChI is InChI=1S/C24H26IN5OS/c1-14-7-6-8-17(13-14)28-19(31)10-12-30-23(20-15(2)27-16(3)21(20)25)22(29-24(30)32)18-9-4-5-11-26-18/h4-9,11,13,22-23,27H,10,12H2,1-3H3,(H,28,31)(H,29,32). The summed E-state index contributed by atoms with van der Waals surface area (Å²) >= 11 is 8.12. The first-order valence-corrected chi connectivity index (χ1v) is 12.0. The van der Waals surface area contributed by atoms with Crippen LogP contribution in [0.1, 0.15) is 46.7 Å². The van der Waals surface area contributed by atoms with Crippen molar-refractivity contribution in [2.75, 3.05) is 11.9 Å². The van der Waals surface area contributed by atoms with E-state index in [0.29, 0.717) is 18.1 Å². The van der Waals surface area contributed by atoms with Gasteiger partial charge < -0.3 is 20.5 Å². The molecule has 2 atom stereocenters. The minimum Gasteiger partial charge on any atom is -0.362 e. The van der Waals surface area contributed by atoms with E-state index in [9.17, 15) is 4.79 Å². The van der Waals surface area contributed by atoms with E-state index in [-0.39, 0.29) is 18.0 Å². The van der Waals surface area contributed by atoms with Crippen LogP contribution in [0.3, 0.4) is 0 Å². The molecule has 0 bridgehead atoms. The number of hydrogen-bond donors (Lipinski definition) is 3. The van der Waals surface area contributed by atoms with Crippen LogP contribution in [0, 0.1) is 24.3 Å². The van der Waals surface area contributed by atoms with Gasteiger partial charge in [0.25, 0.3) is 0 Å². The summed E-state index contributed by atoms with van der Waals surface area (Å²) < 4.78 is 1.19. The zero-order valence-electron chi connectivity index (χ0n) is 18.3. The number of rotatable bonds is 6. The zero-order chi connectivity index (χ0) is 22.8. The number of thiocarbonyl (C=S) groups is 1. The Bertz CT molecular complexity index is 1150. The number of aromatic nitrogens is 2. The summed E-state index contributed by atoms with van der Waals surface area (Å²) in [5.74, 6) is -0.0323. The van der Waals surface area contributed by atoms with Crippen LogP contribution < -0.4 is 10.6 Å². The second-order valence-corrected chi connectivity index (χ2v) is 9.56. The average molecular weight is 559 g/mol. The fourth-order valence-corrected chi connectivity index (χ4v) is 5.44. The Morgan fingerprint density at radius 2 is 2.00 bits per heavy atom. The van der Waals surface area contributed by atoms with Gasteiger partial charge in [-0.15, -0.1) is 0 Å². The van der Waals surface area contributed by atoms with E-state index in [1.165, 1.54) is 9.13 Å². The van der Waals surface area contributed by atoms with E-state index in [4.69, 9.17) is 12.2 Å². The number of carbonyl (C=O) groups is 1. The highest BCUT2D eigenvalue weighted by molar-refractivity contribution is 14.1. The number of halogens is 1. The number of amides is 1. The SMILES string of the molecule is Cc1cccc(NC(=O)CCN2C(=S)NC(c3ccccn3)C2c2c(C)[nH]c(C)c2I)c1. The average Bonchev–Trinajstić information content (AvgIpc) is 3.21. The Kier molecular flexibility index (Phi) is 6.80. The van der Waals surface area contributed by atoms with E-state index in [1.807, 2.05) is 49.4 Å². The van der Waals surface area contributed by atoms with Crippen LogP contribution in [-0.2, 0) is 4.79 Å². The van der Waals surface area contributed by atoms with Crippen molar-refractivity contribution in [1.29, 1.82) is 0 Å². The Morgan fingerprint density at radius 1 is 1.19 bits per heavy atom. The number of aryl methyl sites for hydroxylation is 3. The van der Waals surface area contributed by atoms with Gasteiger partial charge in [-0.3, -0.25) is 9.78 Å². The van der Waals surface area contributed by atoms with Crippen molar-refractivity contribution in [3.63, 3.8) is 0 Å². The van der Waals surface area contributed by atoms with Crippen molar-refractivity contribution in [3.05, 3.63) is 80.4 Å². The summed E-state index contributed by atoms with van der Waals surface area (Å²) in [6.07, 6.45) is 2.13. The first-order valence-electron chi connectivity index (χ1n) is 10.5. The molecule has 1 aliphatic heterocycles. The molecule has 6 nitrogen and oxygen atoms in total. The number of hydrogen-bond acceptors (Lipinski definition) is 3. The summed E-state index contributed by atoms with van der Waals surface area (Å²) in [5, 5.41) is 7.10. The van der Waals surface area contributed by atoms with Crippen molar-refractivity contribution >= 4 is 51.5 Å². The molecular formula is C24H26IN5OS. The minimum atomic E-state index is -0.0917. The fourth-order valence-electron chi connectivity index (χ4n) is 4.25. The highest BCUT2D eigenvalue weighted by Crippen LogP contribution is 2.42. The molecule has 1 aliphatic rings. The van der Waals surface area contributed by atoms with Crippen LogP contribution in [0.4, 0.5) is 5.69 Å². The molecule has 3 aromatic rings. The van der Waals surface area contributed by atoms with Crippen molar-refractivity contribution in [3.8, 4) is 0 Å². The van der Waals surface area contributed by atoms with E-state index >= 15 is 0 Å². The van der Waals surface area contributed by atoms with Crippen LogP contribution in [0.2, 0.25) is 0 Å². The van der Waals surface area contributed by atoms with Crippen LogP contribution in [-0.4, -0.2) is 32.4 Å². The maximum atomic E-state index is 12.7. The molecule has 0 spiro atoms. The third-order valence-electron chi connectivity index (χ3n) is 5.72. The lowest BCUT2D eigenvalue weighted by Gasteiger charge is -2.28. The van der Waals surface area contributed by atoms with Gasteiger partial charge in [-0.1, -0.05) is 18.2 Å². The molecule has 1 amide bonds. The maximum absolute atomic E-state index is 12.7. The van der Waals surface area contributed by atoms with Gasteiger partial charge in [0.2, 0.25) is 5.91 Å². The van der Waals surface area contributed by atoms with Gasteiger partial charge >= 0.3 is 0 Å². The van der Waals surface area contributed by atoms with Crippen LogP contribution in [0.25, 0.3) is 0 Å². The lowest BCUT2D eigenvalue weighted by Crippen LogP contribution is -2.33. The third kappa shape index (κ3) is 4.66. The molecule has 1 aromatic carbocycles. The molecule has 0 radical (unpaired) electrons. The van der Waals surface area contributed by atoms with Gasteiger partial charge in [0.05, 0.1) is 17.8 Å². The molecule has 166 valence electrons. The number of carbonyl (C=O) groups excluding carboxylic acids is 1. The van der Waals surface area contributed by atoms with E-state index < -0.39 is 0 Å². The van der Waals surface area contributed by atoms with Gasteiger partial charge in [-0.2, -0.15) is 0 Å². The second kappa shape index (κ2) is 9.58. The molecule has 3 heterocycles. The Hall–Kier alpha value is -2.46. The van der Waals surface area contributed by atoms with Crippen molar-refractivity contribution in [2.45, 2.75) is 39.3 Å². The first kappa shape index (κ1) is 22.7. The quantitative estimate of drug-likeness (QED) is 0.295. The number of nitrogens with zero attached hydrogens (tertiary/aromatic N) is 2. The maximum Gasteiger partial charge on any atom is 0.226 e. The normalized spacial score (nSPS) is 18.0. The third-order valence-corrected chi connectivity index (χ3v) is 7.46. The molecular weight excluding hydrogens is 533 g/mol. The molecule has 1 fully saturated rings. The topological polar surface area (TPSA) is 73.1 Å². The first-order chi connectivity index (χ1) is 15.3. The van der Waals surface area contributed by atoms with Gasteiger partial charge in [0.15, 0.2) is 5.11 Å². The van der Waals surface area contributed by atoms with Crippen molar-refractivity contribution in [2.24, 2.45) is 0 Å². The monoisotopic (exact) mass is 559 g/mol. The number of pyridine rings is 1. The minimum absolute atomic E-state index is 0.0323. The number of nitrogens with one attached hydrogen (secondary N) is 3. The van der Waals surface area contributed by atoms with Crippen LogP contribution in [0.5, 0.6) is 0 Å². The summed E-state index contributed by atoms with van der Waals surface area (Å²) in [5.41, 5.74) is 6.29. The highest BCUT2D eigenvalue weighted by atomic mass is 127. The summed E-state index contributed by atoms with van der Waals surface area (Å²) in [6, 6.07) is 13.6. The number of anilines is 1. The molecule has 1 saturated heterocycles. The molecule has 3 N–H and O–H groups in total. The number of H-pyrrole nitrogens is 1. The van der Waals surface area contributed by atoms with E-state index in [1.54, 1.807) is 6.20 Å². The van der Waals surface area contributed by atoms with Gasteiger partial charge in [0, 0.05) is 45.4 Å². The fraction of sp³-hybridized carbons (Fsp3) is 0.292. The van der Waals surface area contributed by atoms with Gasteiger partial charge in [-0.25, -0.2) is 0 Å². The van der Waals surface area contributed by atoms with Crippen LogP contribution >= 0.6 is 34.8 Å². The largest absolute Gasteiger partial charge is 0.362 e. The molecule has 32 heavy (non-hydrogen) atoms. The van der Waals surface area contributed by atoms with Gasteiger partial charge in [0.1, 0.15) is 0 Å². The summed E-state index contributed by atoms with van der Waals surface area (Å²) in [6.45, 7) is 6.69. The molecule has 0 aliphatic carbocycles. The predicted octanol–water partition coefficient (Wildman–Crippen LogP) is 4.94. The highest BCUT2D eigenvalue weighted by Gasteiger charge is 2.42. The van der Waals surface area contributed by atoms with E-state index in [0.717, 1.165) is 28.3 Å². The Labute approximate surface area is 207 Å². The zero-order valence-corrected chi connectivity index (χ0v) is 21.3. The Balaban J connectivity index is 1.59. The summed E-state index contributed by atoms with van der Waals surface area (Å²) in [4.78, 5) is 22.9. The lowest BCUT2D eigenvalue weighted by atomic mass is 9.96. The molecule has 2 aromatic heterocycles. The molecule has 2 unspecified atom stereocenters. The van der Waals surface area contributed by atoms with Crippen LogP contribution in [0.15, 0.2) is 48.7 Å². The van der Waals surface area contributed by atoms with Crippen molar-refractivity contribution < 1.29 is 4.79 Å². The lowest BCUT2D eigenvalue weighted by molar-refractivity contribution is -0.116. The number of aromatic amines is 1. The molecule has 8 heteroatoms.